The molecule has 5 heteroatoms. The fourth-order valence-corrected chi connectivity index (χ4v) is 2.05. The molecule has 1 rings (SSSR count). The third kappa shape index (κ3) is 6.99. The number of nitrogens with one attached hydrogen (secondary N) is 2. The van der Waals surface area contributed by atoms with Crippen LogP contribution < -0.4 is 15.4 Å². The van der Waals surface area contributed by atoms with Gasteiger partial charge in [-0.05, 0) is 37.5 Å². The molecule has 1 aromatic carbocycles. The molecule has 0 fully saturated rings. The predicted molar refractivity (Wildman–Crippen MR) is 87.2 cm³/mol. The van der Waals surface area contributed by atoms with Crippen molar-refractivity contribution in [3.05, 3.63) is 29.8 Å². The van der Waals surface area contributed by atoms with E-state index in [1.165, 1.54) is 5.56 Å². The van der Waals surface area contributed by atoms with E-state index in [2.05, 4.69) is 34.7 Å². The molecule has 1 unspecified atom stereocenters. The second-order valence-electron chi connectivity index (χ2n) is 4.95. The largest absolute Gasteiger partial charge is 0.497 e. The van der Waals surface area contributed by atoms with E-state index in [0.717, 1.165) is 31.1 Å². The molecule has 0 heterocycles. The number of ether oxygens (including phenoxy) is 2. The number of hydrogen-bond acceptors (Lipinski definition) is 3. The van der Waals surface area contributed by atoms with Gasteiger partial charge in [0.25, 0.3) is 0 Å². The molecule has 0 saturated carbocycles. The first kappa shape index (κ1) is 17.3. The number of aryl methyl sites for hydroxylation is 1. The minimum Gasteiger partial charge on any atom is -0.497 e. The fourth-order valence-electron chi connectivity index (χ4n) is 2.05. The zero-order chi connectivity index (χ0) is 15.5. The van der Waals surface area contributed by atoms with Crippen molar-refractivity contribution >= 4 is 5.96 Å². The maximum atomic E-state index is 5.23. The van der Waals surface area contributed by atoms with Crippen LogP contribution in [0.5, 0.6) is 5.75 Å². The van der Waals surface area contributed by atoms with Gasteiger partial charge in [-0.15, -0.1) is 0 Å². The SMILES string of the molecule is CN=C(NCCCc1cccc(OC)c1)NC(C)COC. The topological polar surface area (TPSA) is 54.9 Å². The Bertz CT molecular complexity index is 435. The van der Waals surface area contributed by atoms with Crippen molar-refractivity contribution in [1.82, 2.24) is 10.6 Å². The van der Waals surface area contributed by atoms with Crippen LogP contribution in [0.4, 0.5) is 0 Å². The van der Waals surface area contributed by atoms with Crippen molar-refractivity contribution in [2.75, 3.05) is 34.4 Å². The van der Waals surface area contributed by atoms with Gasteiger partial charge in [-0.25, -0.2) is 0 Å². The van der Waals surface area contributed by atoms with Crippen LogP contribution in [0.25, 0.3) is 0 Å². The van der Waals surface area contributed by atoms with E-state index in [1.807, 2.05) is 12.1 Å². The highest BCUT2D eigenvalue weighted by molar-refractivity contribution is 5.79. The van der Waals surface area contributed by atoms with Gasteiger partial charge in [-0.1, -0.05) is 12.1 Å². The van der Waals surface area contributed by atoms with Crippen LogP contribution in [0.3, 0.4) is 0 Å². The Balaban J connectivity index is 2.28. The summed E-state index contributed by atoms with van der Waals surface area (Å²) in [5.41, 5.74) is 1.28. The first-order chi connectivity index (χ1) is 10.2. The number of benzene rings is 1. The Hall–Kier alpha value is -1.75. The molecule has 0 spiro atoms. The number of aliphatic imine (C=N–C) groups is 1. The highest BCUT2D eigenvalue weighted by Crippen LogP contribution is 2.13. The van der Waals surface area contributed by atoms with E-state index in [9.17, 15) is 0 Å². The van der Waals surface area contributed by atoms with Crippen molar-refractivity contribution < 1.29 is 9.47 Å². The summed E-state index contributed by atoms with van der Waals surface area (Å²) in [5.74, 6) is 1.72. The second-order valence-corrected chi connectivity index (χ2v) is 4.95. The first-order valence-electron chi connectivity index (χ1n) is 7.28. The Labute approximate surface area is 127 Å². The van der Waals surface area contributed by atoms with Crippen molar-refractivity contribution in [3.63, 3.8) is 0 Å². The lowest BCUT2D eigenvalue weighted by Crippen LogP contribution is -2.44. The van der Waals surface area contributed by atoms with Gasteiger partial charge < -0.3 is 20.1 Å². The molecule has 0 aliphatic rings. The number of guanidine groups is 1. The van der Waals surface area contributed by atoms with E-state index >= 15 is 0 Å². The van der Waals surface area contributed by atoms with Gasteiger partial charge in [0.15, 0.2) is 5.96 Å². The van der Waals surface area contributed by atoms with Crippen LogP contribution in [0.1, 0.15) is 18.9 Å². The van der Waals surface area contributed by atoms with Crippen LogP contribution in [0, 0.1) is 0 Å². The number of rotatable bonds is 8. The van der Waals surface area contributed by atoms with Gasteiger partial charge in [0.1, 0.15) is 5.75 Å². The summed E-state index contributed by atoms with van der Waals surface area (Å²) < 4.78 is 10.3. The fraction of sp³-hybridized carbons (Fsp3) is 0.562. The summed E-state index contributed by atoms with van der Waals surface area (Å²) in [7, 11) is 5.16. The van der Waals surface area contributed by atoms with Crippen molar-refractivity contribution in [2.45, 2.75) is 25.8 Å². The van der Waals surface area contributed by atoms with Crippen molar-refractivity contribution in [2.24, 2.45) is 4.99 Å². The molecule has 0 bridgehead atoms. The van der Waals surface area contributed by atoms with Gasteiger partial charge in [-0.2, -0.15) is 0 Å². The molecule has 2 N–H and O–H groups in total. The molecule has 0 radical (unpaired) electrons. The second kappa shape index (κ2) is 10.0. The Morgan fingerprint density at radius 3 is 2.81 bits per heavy atom. The molecule has 1 atom stereocenters. The van der Waals surface area contributed by atoms with E-state index < -0.39 is 0 Å². The lowest BCUT2D eigenvalue weighted by atomic mass is 10.1. The van der Waals surface area contributed by atoms with Crippen molar-refractivity contribution in [3.8, 4) is 5.75 Å². The molecule has 0 aliphatic heterocycles. The zero-order valence-electron chi connectivity index (χ0n) is 13.5. The summed E-state index contributed by atoms with van der Waals surface area (Å²) in [6, 6.07) is 8.42. The number of hydrogen-bond donors (Lipinski definition) is 2. The molecule has 0 amide bonds. The van der Waals surface area contributed by atoms with Crippen LogP contribution in [-0.4, -0.2) is 46.4 Å². The molecule has 0 aliphatic carbocycles. The molecule has 1 aromatic rings. The number of nitrogens with zero attached hydrogens (tertiary/aromatic N) is 1. The average Bonchev–Trinajstić information content (AvgIpc) is 2.50. The summed E-state index contributed by atoms with van der Waals surface area (Å²) >= 11 is 0. The van der Waals surface area contributed by atoms with E-state index in [0.29, 0.717) is 6.61 Å². The van der Waals surface area contributed by atoms with Gasteiger partial charge in [0.2, 0.25) is 0 Å². The molecule has 0 saturated heterocycles. The molecule has 0 aromatic heterocycles. The maximum Gasteiger partial charge on any atom is 0.191 e. The van der Waals surface area contributed by atoms with Crippen LogP contribution >= 0.6 is 0 Å². The lowest BCUT2D eigenvalue weighted by Gasteiger charge is -2.17. The summed E-state index contributed by atoms with van der Waals surface area (Å²) in [6.07, 6.45) is 2.04. The van der Waals surface area contributed by atoms with E-state index in [-0.39, 0.29) is 6.04 Å². The Morgan fingerprint density at radius 1 is 1.33 bits per heavy atom. The van der Waals surface area contributed by atoms with Gasteiger partial charge in [-0.3, -0.25) is 4.99 Å². The third-order valence-corrected chi connectivity index (χ3v) is 3.09. The minimum atomic E-state index is 0.236. The normalized spacial score (nSPS) is 12.9. The highest BCUT2D eigenvalue weighted by atomic mass is 16.5. The third-order valence-electron chi connectivity index (χ3n) is 3.09. The van der Waals surface area contributed by atoms with Gasteiger partial charge in [0, 0.05) is 26.7 Å². The minimum absolute atomic E-state index is 0.236. The summed E-state index contributed by atoms with van der Waals surface area (Å²) in [6.45, 7) is 3.59. The van der Waals surface area contributed by atoms with Crippen LogP contribution in [0.15, 0.2) is 29.3 Å². The highest BCUT2D eigenvalue weighted by Gasteiger charge is 2.04. The molecule has 21 heavy (non-hydrogen) atoms. The monoisotopic (exact) mass is 293 g/mol. The lowest BCUT2D eigenvalue weighted by molar-refractivity contribution is 0.179. The van der Waals surface area contributed by atoms with Crippen LogP contribution in [0.2, 0.25) is 0 Å². The summed E-state index contributed by atoms with van der Waals surface area (Å²) in [4.78, 5) is 4.20. The Morgan fingerprint density at radius 2 is 2.14 bits per heavy atom. The maximum absolute atomic E-state index is 5.23. The standard InChI is InChI=1S/C16H27N3O2/c1-13(12-20-3)19-16(17-2)18-10-6-8-14-7-5-9-15(11-14)21-4/h5,7,9,11,13H,6,8,10,12H2,1-4H3,(H2,17,18,19). The molecular weight excluding hydrogens is 266 g/mol. The first-order valence-corrected chi connectivity index (χ1v) is 7.28. The van der Waals surface area contributed by atoms with Gasteiger partial charge in [0.05, 0.1) is 13.7 Å². The average molecular weight is 293 g/mol. The van der Waals surface area contributed by atoms with Crippen LogP contribution in [-0.2, 0) is 11.2 Å². The Kier molecular flexibility index (Phi) is 8.28. The smallest absolute Gasteiger partial charge is 0.191 e. The zero-order valence-corrected chi connectivity index (χ0v) is 13.5. The predicted octanol–water partition coefficient (Wildman–Crippen LogP) is 1.83. The van der Waals surface area contributed by atoms with Crippen molar-refractivity contribution in [1.29, 1.82) is 0 Å². The summed E-state index contributed by atoms with van der Waals surface area (Å²) in [5, 5.41) is 6.59. The quantitative estimate of drug-likeness (QED) is 0.436. The molecule has 5 nitrogen and oxygen atoms in total. The number of methoxy groups -OCH3 is 2. The molecule has 118 valence electrons. The molecular formula is C16H27N3O2. The van der Waals surface area contributed by atoms with E-state index in [1.54, 1.807) is 21.3 Å². The van der Waals surface area contributed by atoms with E-state index in [4.69, 9.17) is 9.47 Å². The van der Waals surface area contributed by atoms with Gasteiger partial charge >= 0.3 is 0 Å².